The number of carbonyl (C=O) groups is 2. The molecule has 8 heteroatoms. The topological polar surface area (TPSA) is 101 Å². The minimum Gasteiger partial charge on any atom is -0.495 e. The lowest BCUT2D eigenvalue weighted by Gasteiger charge is -2.09. The lowest BCUT2D eigenvalue weighted by Crippen LogP contribution is -2.13. The van der Waals surface area contributed by atoms with E-state index in [0.29, 0.717) is 5.75 Å². The number of benzene rings is 1. The third-order valence-corrected chi connectivity index (χ3v) is 2.79. The number of nitrogens with one attached hydrogen (secondary N) is 1. The van der Waals surface area contributed by atoms with E-state index in [1.54, 1.807) is 0 Å². The van der Waals surface area contributed by atoms with Gasteiger partial charge in [-0.3, -0.25) is 4.79 Å². The summed E-state index contributed by atoms with van der Waals surface area (Å²) >= 11 is 1.05. The number of carbonyl (C=O) groups excluding carboxylic acids is 1. The Bertz CT molecular complexity index is 612. The molecule has 0 atom stereocenters. The molecule has 0 bridgehead atoms. The molecular weight excluding hydrogens is 270 g/mol. The Hall–Kier alpha value is -2.48. The van der Waals surface area contributed by atoms with E-state index in [9.17, 15) is 9.59 Å². The van der Waals surface area contributed by atoms with Crippen LogP contribution in [-0.2, 0) is 0 Å². The second-order valence-corrected chi connectivity index (χ2v) is 4.07. The number of carboxylic acid groups (broad SMARTS) is 1. The van der Waals surface area contributed by atoms with Crippen LogP contribution in [0.4, 0.5) is 5.69 Å². The number of hydrogen-bond donors (Lipinski definition) is 2. The van der Waals surface area contributed by atoms with E-state index in [4.69, 9.17) is 9.84 Å². The van der Waals surface area contributed by atoms with Gasteiger partial charge < -0.3 is 15.2 Å². The highest BCUT2D eigenvalue weighted by molar-refractivity contribution is 7.03. The SMILES string of the molecule is COc1ccc(C(=O)O)cc1NC(=O)c1csnn1. The molecule has 0 radical (unpaired) electrons. The number of anilines is 1. The molecule has 19 heavy (non-hydrogen) atoms. The maximum Gasteiger partial charge on any atom is 0.335 e. The van der Waals surface area contributed by atoms with Gasteiger partial charge in [0.25, 0.3) is 5.91 Å². The summed E-state index contributed by atoms with van der Waals surface area (Å²) in [5.74, 6) is -1.20. The molecule has 2 N–H and O–H groups in total. The van der Waals surface area contributed by atoms with Gasteiger partial charge in [-0.25, -0.2) is 4.79 Å². The summed E-state index contributed by atoms with van der Waals surface area (Å²) in [7, 11) is 1.43. The van der Waals surface area contributed by atoms with Crippen molar-refractivity contribution in [3.05, 3.63) is 34.8 Å². The molecule has 2 rings (SSSR count). The maximum absolute atomic E-state index is 11.8. The predicted molar refractivity (Wildman–Crippen MR) is 67.8 cm³/mol. The lowest BCUT2D eigenvalue weighted by atomic mass is 10.2. The second-order valence-electron chi connectivity index (χ2n) is 3.46. The monoisotopic (exact) mass is 279 g/mol. The van der Waals surface area contributed by atoms with Gasteiger partial charge in [0.15, 0.2) is 5.69 Å². The van der Waals surface area contributed by atoms with Gasteiger partial charge in [-0.1, -0.05) is 4.49 Å². The fourth-order valence-corrected chi connectivity index (χ4v) is 1.82. The van der Waals surface area contributed by atoms with Crippen molar-refractivity contribution in [3.63, 3.8) is 0 Å². The van der Waals surface area contributed by atoms with E-state index in [1.165, 1.54) is 30.7 Å². The molecule has 0 aliphatic rings. The molecule has 0 saturated carbocycles. The minimum atomic E-state index is -1.09. The number of aromatic nitrogens is 2. The van der Waals surface area contributed by atoms with Gasteiger partial charge in [-0.05, 0) is 29.7 Å². The zero-order valence-electron chi connectivity index (χ0n) is 9.78. The highest BCUT2D eigenvalue weighted by Gasteiger charge is 2.14. The average Bonchev–Trinajstić information content (AvgIpc) is 2.92. The van der Waals surface area contributed by atoms with Gasteiger partial charge in [-0.15, -0.1) is 5.10 Å². The van der Waals surface area contributed by atoms with Crippen molar-refractivity contribution in [1.82, 2.24) is 9.59 Å². The molecule has 0 spiro atoms. The van der Waals surface area contributed by atoms with Crippen LogP contribution in [0.2, 0.25) is 0 Å². The summed E-state index contributed by atoms with van der Waals surface area (Å²) in [6.45, 7) is 0. The van der Waals surface area contributed by atoms with Crippen LogP contribution >= 0.6 is 11.5 Å². The van der Waals surface area contributed by atoms with Crippen LogP contribution in [0.15, 0.2) is 23.6 Å². The van der Waals surface area contributed by atoms with E-state index in [2.05, 4.69) is 14.9 Å². The fraction of sp³-hybridized carbons (Fsp3) is 0.0909. The maximum atomic E-state index is 11.8. The van der Waals surface area contributed by atoms with Crippen molar-refractivity contribution < 1.29 is 19.4 Å². The second kappa shape index (κ2) is 5.44. The fourth-order valence-electron chi connectivity index (χ4n) is 1.39. The molecule has 98 valence electrons. The normalized spacial score (nSPS) is 9.95. The molecule has 1 aromatic carbocycles. The van der Waals surface area contributed by atoms with E-state index in [1.807, 2.05) is 0 Å². The number of rotatable bonds is 4. The number of nitrogens with zero attached hydrogens (tertiary/aromatic N) is 2. The first kappa shape index (κ1) is 13.0. The Morgan fingerprint density at radius 2 is 2.21 bits per heavy atom. The van der Waals surface area contributed by atoms with E-state index in [-0.39, 0.29) is 16.9 Å². The quantitative estimate of drug-likeness (QED) is 0.879. The average molecular weight is 279 g/mol. The van der Waals surface area contributed by atoms with Crippen LogP contribution < -0.4 is 10.1 Å². The Morgan fingerprint density at radius 1 is 1.42 bits per heavy atom. The number of methoxy groups -OCH3 is 1. The Morgan fingerprint density at radius 3 is 2.79 bits per heavy atom. The first-order valence-electron chi connectivity index (χ1n) is 5.11. The standard InChI is InChI=1S/C11H9N3O4S/c1-18-9-3-2-6(11(16)17)4-7(9)12-10(15)8-5-19-14-13-8/h2-5H,1H3,(H,12,15)(H,16,17). The molecule has 1 aromatic heterocycles. The zero-order valence-corrected chi connectivity index (χ0v) is 10.6. The predicted octanol–water partition coefficient (Wildman–Crippen LogP) is 1.50. The summed E-state index contributed by atoms with van der Waals surface area (Å²) in [5, 5.41) is 16.6. The van der Waals surface area contributed by atoms with Gasteiger partial charge >= 0.3 is 5.97 Å². The lowest BCUT2D eigenvalue weighted by molar-refractivity contribution is 0.0696. The first-order valence-corrected chi connectivity index (χ1v) is 5.95. The third kappa shape index (κ3) is 2.86. The molecule has 0 unspecified atom stereocenters. The van der Waals surface area contributed by atoms with Crippen molar-refractivity contribution >= 4 is 29.1 Å². The van der Waals surface area contributed by atoms with Gasteiger partial charge in [0.1, 0.15) is 5.75 Å². The molecule has 1 amide bonds. The van der Waals surface area contributed by atoms with Gasteiger partial charge in [0.05, 0.1) is 18.4 Å². The molecule has 1 heterocycles. The van der Waals surface area contributed by atoms with Crippen molar-refractivity contribution in [2.24, 2.45) is 0 Å². The minimum absolute atomic E-state index is 0.0486. The van der Waals surface area contributed by atoms with Gasteiger partial charge in [-0.2, -0.15) is 0 Å². The van der Waals surface area contributed by atoms with Crippen LogP contribution in [0.1, 0.15) is 20.8 Å². The highest BCUT2D eigenvalue weighted by Crippen LogP contribution is 2.26. The molecule has 0 saturated heterocycles. The van der Waals surface area contributed by atoms with Crippen LogP contribution in [-0.4, -0.2) is 33.7 Å². The van der Waals surface area contributed by atoms with Crippen molar-refractivity contribution in [2.45, 2.75) is 0 Å². The summed E-state index contributed by atoms with van der Waals surface area (Å²) in [5.41, 5.74) is 0.473. The third-order valence-electron chi connectivity index (χ3n) is 2.29. The van der Waals surface area contributed by atoms with E-state index >= 15 is 0 Å². The smallest absolute Gasteiger partial charge is 0.335 e. The van der Waals surface area contributed by atoms with Crippen LogP contribution in [0.25, 0.3) is 0 Å². The highest BCUT2D eigenvalue weighted by atomic mass is 32.1. The van der Waals surface area contributed by atoms with Gasteiger partial charge in [0, 0.05) is 5.38 Å². The first-order chi connectivity index (χ1) is 9.11. The largest absolute Gasteiger partial charge is 0.495 e. The van der Waals surface area contributed by atoms with Crippen molar-refractivity contribution in [2.75, 3.05) is 12.4 Å². The summed E-state index contributed by atoms with van der Waals surface area (Å²) in [4.78, 5) is 22.7. The van der Waals surface area contributed by atoms with Crippen LogP contribution in [0.3, 0.4) is 0 Å². The van der Waals surface area contributed by atoms with E-state index < -0.39 is 11.9 Å². The Labute approximate surface area is 112 Å². The van der Waals surface area contributed by atoms with Crippen LogP contribution in [0.5, 0.6) is 5.75 Å². The molecular formula is C11H9N3O4S. The number of hydrogen-bond acceptors (Lipinski definition) is 6. The van der Waals surface area contributed by atoms with Crippen molar-refractivity contribution in [3.8, 4) is 5.75 Å². The molecule has 0 fully saturated rings. The number of ether oxygens (including phenoxy) is 1. The molecule has 0 aliphatic heterocycles. The molecule has 2 aromatic rings. The van der Waals surface area contributed by atoms with Crippen LogP contribution in [0, 0.1) is 0 Å². The van der Waals surface area contributed by atoms with Gasteiger partial charge in [0.2, 0.25) is 0 Å². The number of aromatic carboxylic acids is 1. The molecule has 0 aliphatic carbocycles. The number of amides is 1. The van der Waals surface area contributed by atoms with E-state index in [0.717, 1.165) is 11.5 Å². The summed E-state index contributed by atoms with van der Waals surface area (Å²) < 4.78 is 8.64. The zero-order chi connectivity index (χ0) is 13.8. The summed E-state index contributed by atoms with van der Waals surface area (Å²) in [6, 6.07) is 4.18. The Balaban J connectivity index is 2.30. The summed E-state index contributed by atoms with van der Waals surface area (Å²) in [6.07, 6.45) is 0. The molecule has 7 nitrogen and oxygen atoms in total. The Kier molecular flexibility index (Phi) is 3.71. The number of carboxylic acids is 1. The van der Waals surface area contributed by atoms with Crippen molar-refractivity contribution in [1.29, 1.82) is 0 Å².